The van der Waals surface area contributed by atoms with Crippen LogP contribution in [0.3, 0.4) is 0 Å². The van der Waals surface area contributed by atoms with E-state index in [1.165, 1.54) is 0 Å². The number of hydrogen-bond acceptors (Lipinski definition) is 6. The molecule has 160 valence electrons. The van der Waals surface area contributed by atoms with Gasteiger partial charge in [-0.1, -0.05) is 25.4 Å². The van der Waals surface area contributed by atoms with Gasteiger partial charge < -0.3 is 20.1 Å². The molecule has 11 heteroatoms. The fraction of sp³-hybridized carbons (Fsp3) is 0.706. The van der Waals surface area contributed by atoms with Crippen LogP contribution in [0.25, 0.3) is 0 Å². The highest BCUT2D eigenvalue weighted by molar-refractivity contribution is 7.90. The van der Waals surface area contributed by atoms with Gasteiger partial charge in [-0.25, -0.2) is 4.98 Å². The normalized spacial score (nSPS) is 23.3. The van der Waals surface area contributed by atoms with Gasteiger partial charge in [0.15, 0.2) is 10.9 Å². The van der Waals surface area contributed by atoms with Gasteiger partial charge in [0.05, 0.1) is 5.69 Å². The molecule has 3 atom stereocenters. The zero-order valence-electron chi connectivity index (χ0n) is 16.3. The summed E-state index contributed by atoms with van der Waals surface area (Å²) in [5.74, 6) is -0.137. The molecule has 0 bridgehead atoms. The summed E-state index contributed by atoms with van der Waals surface area (Å²) in [6.45, 7) is 7.81. The van der Waals surface area contributed by atoms with E-state index in [0.29, 0.717) is 0 Å². The van der Waals surface area contributed by atoms with Crippen LogP contribution in [-0.2, 0) is 22.5 Å². The molecule has 0 saturated heterocycles. The maximum Gasteiger partial charge on any atom is 0.424 e. The van der Waals surface area contributed by atoms with Crippen LogP contribution in [0.15, 0.2) is 6.07 Å². The summed E-state index contributed by atoms with van der Waals surface area (Å²) in [6.07, 6.45) is -5.06. The lowest BCUT2D eigenvalue weighted by Gasteiger charge is -2.37. The predicted octanol–water partition coefficient (Wildman–Crippen LogP) is 2.74. The lowest BCUT2D eigenvalue weighted by molar-refractivity contribution is -0.263. The fourth-order valence-electron chi connectivity index (χ4n) is 2.81. The first-order valence-corrected chi connectivity index (χ1v) is 10.2. The number of alkyl halides is 3. The van der Waals surface area contributed by atoms with Crippen LogP contribution < -0.4 is 15.2 Å². The number of nitrogens with one attached hydrogen (secondary N) is 1. The van der Waals surface area contributed by atoms with Crippen molar-refractivity contribution in [3.05, 3.63) is 22.5 Å². The lowest BCUT2D eigenvalue weighted by Crippen LogP contribution is -2.55. The first-order valence-electron chi connectivity index (χ1n) is 8.63. The standard InChI is InChI=1S/C17H25ClF3N3O3S/c1-9(2)15(24-28(26)14(3,4)5)8-27-12-10(15)6-11(23-13(12)18)16(25,7-22)17(19,20)21/h6,9,24-25H,7-8,22H2,1-5H3. The number of nitrogens with two attached hydrogens (primary N) is 1. The van der Waals surface area contributed by atoms with E-state index in [-0.39, 0.29) is 29.0 Å². The Labute approximate surface area is 170 Å². The van der Waals surface area contributed by atoms with Crippen LogP contribution in [-0.4, -0.2) is 38.7 Å². The number of rotatable bonds is 5. The van der Waals surface area contributed by atoms with Crippen molar-refractivity contribution < 1.29 is 27.6 Å². The van der Waals surface area contributed by atoms with Crippen molar-refractivity contribution in [1.29, 1.82) is 0 Å². The smallest absolute Gasteiger partial charge is 0.424 e. The summed E-state index contributed by atoms with van der Waals surface area (Å²) in [5, 5.41) is 9.89. The average Bonchev–Trinajstić information content (AvgIpc) is 2.92. The van der Waals surface area contributed by atoms with E-state index in [0.717, 1.165) is 6.07 Å². The highest BCUT2D eigenvalue weighted by Crippen LogP contribution is 2.48. The lowest BCUT2D eigenvalue weighted by atomic mass is 9.81. The second-order valence-electron chi connectivity index (χ2n) is 8.14. The van der Waals surface area contributed by atoms with Crippen molar-refractivity contribution in [2.45, 2.75) is 56.7 Å². The molecule has 1 aromatic rings. The second kappa shape index (κ2) is 7.48. The SMILES string of the molecule is CC(C)C1(N[S+]([O-])C(C)(C)C)COc2c1cc(C(O)(CN)C(F)(F)F)nc2Cl. The number of aromatic nitrogens is 1. The molecule has 0 radical (unpaired) electrons. The Morgan fingerprint density at radius 2 is 2.00 bits per heavy atom. The van der Waals surface area contributed by atoms with E-state index in [1.807, 2.05) is 13.8 Å². The monoisotopic (exact) mass is 443 g/mol. The topological polar surface area (TPSA) is 103 Å². The molecule has 3 unspecified atom stereocenters. The fourth-order valence-corrected chi connectivity index (χ4v) is 4.10. The van der Waals surface area contributed by atoms with Crippen LogP contribution in [0, 0.1) is 5.92 Å². The van der Waals surface area contributed by atoms with E-state index < -0.39 is 45.7 Å². The number of fused-ring (bicyclic) bond motifs is 1. The third kappa shape index (κ3) is 3.82. The molecule has 1 aliphatic heterocycles. The molecule has 1 aliphatic rings. The van der Waals surface area contributed by atoms with Gasteiger partial charge in [-0.2, -0.15) is 13.2 Å². The van der Waals surface area contributed by atoms with Gasteiger partial charge in [0.25, 0.3) is 0 Å². The molecular weight excluding hydrogens is 419 g/mol. The summed E-state index contributed by atoms with van der Waals surface area (Å²) < 4.78 is 61.2. The van der Waals surface area contributed by atoms with Crippen LogP contribution in [0.1, 0.15) is 45.9 Å². The van der Waals surface area contributed by atoms with Crippen LogP contribution in [0.4, 0.5) is 13.2 Å². The summed E-state index contributed by atoms with van der Waals surface area (Å²) in [5.41, 5.74) is 0.299. The Morgan fingerprint density at radius 1 is 1.43 bits per heavy atom. The summed E-state index contributed by atoms with van der Waals surface area (Å²) >= 11 is 4.54. The largest absolute Gasteiger partial charge is 0.598 e. The zero-order valence-corrected chi connectivity index (χ0v) is 17.8. The maximum atomic E-state index is 13.5. The number of halogens is 4. The Kier molecular flexibility index (Phi) is 6.28. The van der Waals surface area contributed by atoms with Gasteiger partial charge in [0.2, 0.25) is 5.60 Å². The minimum Gasteiger partial charge on any atom is -0.598 e. The third-order valence-electron chi connectivity index (χ3n) is 4.86. The Balaban J connectivity index is 2.67. The van der Waals surface area contributed by atoms with Crippen molar-refractivity contribution in [2.24, 2.45) is 11.7 Å². The molecule has 1 aromatic heterocycles. The molecule has 0 saturated carbocycles. The van der Waals surface area contributed by atoms with E-state index >= 15 is 0 Å². The molecule has 0 aromatic carbocycles. The first kappa shape index (κ1) is 23.5. The zero-order chi connectivity index (χ0) is 21.7. The summed E-state index contributed by atoms with van der Waals surface area (Å²) in [7, 11) is 0. The van der Waals surface area contributed by atoms with Crippen molar-refractivity contribution in [3.63, 3.8) is 0 Å². The molecule has 2 rings (SSSR count). The first-order chi connectivity index (χ1) is 12.6. The van der Waals surface area contributed by atoms with Gasteiger partial charge in [-0.05, 0) is 32.8 Å². The van der Waals surface area contributed by atoms with Crippen molar-refractivity contribution >= 4 is 23.0 Å². The Morgan fingerprint density at radius 3 is 2.43 bits per heavy atom. The molecular formula is C17H25ClF3N3O3S. The van der Waals surface area contributed by atoms with E-state index in [2.05, 4.69) is 9.71 Å². The Hall–Kier alpha value is -0.780. The highest BCUT2D eigenvalue weighted by atomic mass is 35.5. The molecule has 0 aliphatic carbocycles. The second-order valence-corrected chi connectivity index (χ2v) is 10.5. The maximum absolute atomic E-state index is 13.5. The highest BCUT2D eigenvalue weighted by Gasteiger charge is 2.57. The molecule has 0 spiro atoms. The van der Waals surface area contributed by atoms with Crippen LogP contribution >= 0.6 is 11.6 Å². The summed E-state index contributed by atoms with van der Waals surface area (Å²) in [6, 6.07) is 1.08. The molecule has 0 fully saturated rings. The minimum atomic E-state index is -5.06. The van der Waals surface area contributed by atoms with Crippen molar-refractivity contribution in [2.75, 3.05) is 13.2 Å². The summed E-state index contributed by atoms with van der Waals surface area (Å²) in [4.78, 5) is 3.69. The number of nitrogens with zero attached hydrogens (tertiary/aromatic N) is 1. The number of hydrogen-bond donors (Lipinski definition) is 3. The van der Waals surface area contributed by atoms with Gasteiger partial charge in [-0.3, -0.25) is 0 Å². The van der Waals surface area contributed by atoms with Crippen LogP contribution in [0.5, 0.6) is 5.75 Å². The number of pyridine rings is 1. The van der Waals surface area contributed by atoms with Crippen molar-refractivity contribution in [3.8, 4) is 5.75 Å². The van der Waals surface area contributed by atoms with Gasteiger partial charge in [-0.15, -0.1) is 4.72 Å². The quantitative estimate of drug-likeness (QED) is 0.477. The van der Waals surface area contributed by atoms with Crippen molar-refractivity contribution in [1.82, 2.24) is 9.71 Å². The molecule has 4 N–H and O–H groups in total. The van der Waals surface area contributed by atoms with Gasteiger partial charge >= 0.3 is 6.18 Å². The predicted molar refractivity (Wildman–Crippen MR) is 101 cm³/mol. The minimum absolute atomic E-state index is 0.000253. The van der Waals surface area contributed by atoms with E-state index in [4.69, 9.17) is 22.1 Å². The number of aliphatic hydroxyl groups is 1. The van der Waals surface area contributed by atoms with Crippen LogP contribution in [0.2, 0.25) is 5.15 Å². The van der Waals surface area contributed by atoms with E-state index in [9.17, 15) is 22.8 Å². The van der Waals surface area contributed by atoms with Gasteiger partial charge in [0, 0.05) is 23.5 Å². The molecule has 6 nitrogen and oxygen atoms in total. The number of ether oxygens (including phenoxy) is 1. The molecule has 0 amide bonds. The third-order valence-corrected chi connectivity index (χ3v) is 6.78. The molecule has 2 heterocycles. The van der Waals surface area contributed by atoms with Gasteiger partial charge in [0.1, 0.15) is 16.9 Å². The Bertz CT molecular complexity index is 745. The van der Waals surface area contributed by atoms with E-state index in [1.54, 1.807) is 20.8 Å². The average molecular weight is 444 g/mol. The molecule has 28 heavy (non-hydrogen) atoms.